The van der Waals surface area contributed by atoms with Gasteiger partial charge in [-0.2, -0.15) is 0 Å². The molecule has 0 N–H and O–H groups in total. The third-order valence-corrected chi connectivity index (χ3v) is 4.22. The van der Waals surface area contributed by atoms with Crippen LogP contribution in [0.5, 0.6) is 0 Å². The van der Waals surface area contributed by atoms with Gasteiger partial charge in [0.1, 0.15) is 0 Å². The third-order valence-electron chi connectivity index (χ3n) is 4.22. The standard InChI is InChI=1S/C19H19N3O3/c1-14(16-9-6-10-17(11-16)22(23)24)21(2)13-19-20-12-18(25-19)15-7-4-3-5-8-15/h3-12,14H,13H2,1-2H3/t14-/m0/s1. The number of nitrogens with zero attached hydrogens (tertiary/aromatic N) is 3. The molecule has 0 spiro atoms. The van der Waals surface area contributed by atoms with Gasteiger partial charge in [-0.05, 0) is 19.5 Å². The largest absolute Gasteiger partial charge is 0.439 e. The number of rotatable bonds is 6. The van der Waals surface area contributed by atoms with Crippen molar-refractivity contribution in [2.24, 2.45) is 0 Å². The fraction of sp³-hybridized carbons (Fsp3) is 0.211. The van der Waals surface area contributed by atoms with Crippen LogP contribution in [0.2, 0.25) is 0 Å². The first kappa shape index (κ1) is 16.9. The van der Waals surface area contributed by atoms with Gasteiger partial charge in [-0.25, -0.2) is 4.98 Å². The van der Waals surface area contributed by atoms with E-state index >= 15 is 0 Å². The third kappa shape index (κ3) is 3.92. The zero-order valence-electron chi connectivity index (χ0n) is 14.1. The van der Waals surface area contributed by atoms with Crippen molar-refractivity contribution in [2.75, 3.05) is 7.05 Å². The molecule has 0 aliphatic rings. The van der Waals surface area contributed by atoms with E-state index in [0.29, 0.717) is 12.4 Å². The van der Waals surface area contributed by atoms with Crippen LogP contribution in [0, 0.1) is 10.1 Å². The van der Waals surface area contributed by atoms with Crippen LogP contribution in [0.25, 0.3) is 11.3 Å². The van der Waals surface area contributed by atoms with Gasteiger partial charge >= 0.3 is 0 Å². The number of hydrogen-bond donors (Lipinski definition) is 0. The average Bonchev–Trinajstić information content (AvgIpc) is 3.10. The highest BCUT2D eigenvalue weighted by atomic mass is 16.6. The Bertz CT molecular complexity index is 861. The minimum atomic E-state index is -0.379. The van der Waals surface area contributed by atoms with E-state index in [1.165, 1.54) is 6.07 Å². The first-order valence-corrected chi connectivity index (χ1v) is 7.99. The molecule has 25 heavy (non-hydrogen) atoms. The summed E-state index contributed by atoms with van der Waals surface area (Å²) in [5.41, 5.74) is 1.96. The maximum absolute atomic E-state index is 10.9. The van der Waals surface area contributed by atoms with Gasteiger partial charge in [0.15, 0.2) is 5.76 Å². The van der Waals surface area contributed by atoms with E-state index in [1.54, 1.807) is 18.3 Å². The van der Waals surface area contributed by atoms with E-state index in [4.69, 9.17) is 4.42 Å². The SMILES string of the molecule is C[C@@H](c1cccc([N+](=O)[O-])c1)N(C)Cc1ncc(-c2ccccc2)o1. The molecular formula is C19H19N3O3. The Morgan fingerprint density at radius 1 is 1.20 bits per heavy atom. The molecule has 3 aromatic rings. The van der Waals surface area contributed by atoms with Crippen molar-refractivity contribution in [3.63, 3.8) is 0 Å². The number of non-ortho nitro benzene ring substituents is 1. The van der Waals surface area contributed by atoms with E-state index in [1.807, 2.05) is 55.3 Å². The monoisotopic (exact) mass is 337 g/mol. The summed E-state index contributed by atoms with van der Waals surface area (Å²) in [5.74, 6) is 1.34. The predicted octanol–water partition coefficient (Wildman–Crippen LogP) is 4.44. The van der Waals surface area contributed by atoms with Crippen LogP contribution in [0.1, 0.15) is 24.4 Å². The summed E-state index contributed by atoms with van der Waals surface area (Å²) in [4.78, 5) is 16.9. The summed E-state index contributed by atoms with van der Waals surface area (Å²) in [7, 11) is 1.94. The van der Waals surface area contributed by atoms with Crippen molar-refractivity contribution >= 4 is 5.69 Å². The molecule has 1 heterocycles. The molecule has 0 aliphatic heterocycles. The second kappa shape index (κ2) is 7.27. The molecule has 6 heteroatoms. The normalized spacial score (nSPS) is 12.3. The number of oxazole rings is 1. The Hall–Kier alpha value is -2.99. The lowest BCUT2D eigenvalue weighted by Crippen LogP contribution is -2.22. The number of aromatic nitrogens is 1. The van der Waals surface area contributed by atoms with Crippen molar-refractivity contribution in [2.45, 2.75) is 19.5 Å². The Morgan fingerprint density at radius 2 is 1.96 bits per heavy atom. The smallest absolute Gasteiger partial charge is 0.269 e. The zero-order chi connectivity index (χ0) is 17.8. The predicted molar refractivity (Wildman–Crippen MR) is 94.9 cm³/mol. The van der Waals surface area contributed by atoms with Crippen molar-refractivity contribution < 1.29 is 9.34 Å². The molecule has 0 fully saturated rings. The van der Waals surface area contributed by atoms with Crippen LogP contribution >= 0.6 is 0 Å². The van der Waals surface area contributed by atoms with Gasteiger partial charge in [0, 0.05) is 23.7 Å². The summed E-state index contributed by atoms with van der Waals surface area (Å²) in [5, 5.41) is 10.9. The summed E-state index contributed by atoms with van der Waals surface area (Å²) in [6, 6.07) is 16.5. The molecule has 128 valence electrons. The number of nitro groups is 1. The maximum atomic E-state index is 10.9. The molecule has 0 saturated carbocycles. The lowest BCUT2D eigenvalue weighted by molar-refractivity contribution is -0.384. The second-order valence-electron chi connectivity index (χ2n) is 5.93. The Morgan fingerprint density at radius 3 is 2.68 bits per heavy atom. The summed E-state index contributed by atoms with van der Waals surface area (Å²) < 4.78 is 5.83. The van der Waals surface area contributed by atoms with Crippen molar-refractivity contribution in [3.05, 3.63) is 82.4 Å². The van der Waals surface area contributed by atoms with E-state index < -0.39 is 0 Å². The number of nitro benzene ring substituents is 1. The Balaban J connectivity index is 1.72. The Kier molecular flexibility index (Phi) is 4.90. The van der Waals surface area contributed by atoms with Crippen LogP contribution in [0.3, 0.4) is 0 Å². The van der Waals surface area contributed by atoms with Gasteiger partial charge in [0.2, 0.25) is 5.89 Å². The molecule has 0 radical (unpaired) electrons. The molecule has 0 amide bonds. The van der Waals surface area contributed by atoms with Crippen LogP contribution in [-0.2, 0) is 6.54 Å². The van der Waals surface area contributed by atoms with E-state index in [0.717, 1.165) is 16.9 Å². The molecule has 0 saturated heterocycles. The fourth-order valence-corrected chi connectivity index (χ4v) is 2.62. The average molecular weight is 337 g/mol. The second-order valence-corrected chi connectivity index (χ2v) is 5.93. The minimum absolute atomic E-state index is 0.00743. The molecule has 1 aromatic heterocycles. The highest BCUT2D eigenvalue weighted by Crippen LogP contribution is 2.25. The van der Waals surface area contributed by atoms with E-state index in [9.17, 15) is 10.1 Å². The van der Waals surface area contributed by atoms with Gasteiger partial charge in [0.05, 0.1) is 17.7 Å². The number of benzene rings is 2. The lowest BCUT2D eigenvalue weighted by atomic mass is 10.1. The van der Waals surface area contributed by atoms with Crippen LogP contribution < -0.4 is 0 Å². The molecule has 1 atom stereocenters. The minimum Gasteiger partial charge on any atom is -0.439 e. The maximum Gasteiger partial charge on any atom is 0.269 e. The summed E-state index contributed by atoms with van der Waals surface area (Å²) in [6.45, 7) is 2.51. The van der Waals surface area contributed by atoms with Crippen LogP contribution in [0.15, 0.2) is 65.2 Å². The van der Waals surface area contributed by atoms with E-state index in [-0.39, 0.29) is 16.7 Å². The van der Waals surface area contributed by atoms with Crippen LogP contribution in [0.4, 0.5) is 5.69 Å². The highest BCUT2D eigenvalue weighted by molar-refractivity contribution is 5.55. The molecule has 6 nitrogen and oxygen atoms in total. The van der Waals surface area contributed by atoms with Crippen molar-refractivity contribution in [1.29, 1.82) is 0 Å². The zero-order valence-corrected chi connectivity index (χ0v) is 14.1. The lowest BCUT2D eigenvalue weighted by Gasteiger charge is -2.23. The van der Waals surface area contributed by atoms with Crippen molar-refractivity contribution in [3.8, 4) is 11.3 Å². The van der Waals surface area contributed by atoms with Gasteiger partial charge in [-0.1, -0.05) is 42.5 Å². The van der Waals surface area contributed by atoms with E-state index in [2.05, 4.69) is 4.98 Å². The molecule has 0 unspecified atom stereocenters. The Labute approximate surface area is 145 Å². The van der Waals surface area contributed by atoms with Gasteiger partial charge < -0.3 is 4.42 Å². The topological polar surface area (TPSA) is 72.4 Å². The van der Waals surface area contributed by atoms with Crippen molar-refractivity contribution in [1.82, 2.24) is 9.88 Å². The summed E-state index contributed by atoms with van der Waals surface area (Å²) in [6.07, 6.45) is 1.72. The van der Waals surface area contributed by atoms with Gasteiger partial charge in [-0.15, -0.1) is 0 Å². The fourth-order valence-electron chi connectivity index (χ4n) is 2.62. The van der Waals surface area contributed by atoms with Gasteiger partial charge in [-0.3, -0.25) is 15.0 Å². The summed E-state index contributed by atoms with van der Waals surface area (Å²) >= 11 is 0. The molecular weight excluding hydrogens is 318 g/mol. The first-order chi connectivity index (χ1) is 12.0. The number of hydrogen-bond acceptors (Lipinski definition) is 5. The first-order valence-electron chi connectivity index (χ1n) is 7.99. The molecule has 0 bridgehead atoms. The van der Waals surface area contributed by atoms with Gasteiger partial charge in [0.25, 0.3) is 5.69 Å². The highest BCUT2D eigenvalue weighted by Gasteiger charge is 2.17. The van der Waals surface area contributed by atoms with Crippen LogP contribution in [-0.4, -0.2) is 21.9 Å². The molecule has 0 aliphatic carbocycles. The quantitative estimate of drug-likeness (QED) is 0.491. The molecule has 3 rings (SSSR count). The molecule has 2 aromatic carbocycles.